The molecule has 1 aromatic rings. The van der Waals surface area contributed by atoms with Crippen LogP contribution in [0.15, 0.2) is 9.32 Å². The minimum absolute atomic E-state index is 0.301. The van der Waals surface area contributed by atoms with Crippen LogP contribution in [0.5, 0.6) is 0 Å². The molecule has 0 atom stereocenters. The third kappa shape index (κ3) is 2.95. The number of amides is 1. The molecule has 0 bridgehead atoms. The van der Waals surface area contributed by atoms with Gasteiger partial charge < -0.3 is 9.84 Å². The molecule has 0 unspecified atom stereocenters. The quantitative estimate of drug-likeness (QED) is 0.413. The van der Waals surface area contributed by atoms with Gasteiger partial charge in [-0.1, -0.05) is 4.74 Å². The van der Waals surface area contributed by atoms with Gasteiger partial charge in [-0.05, 0) is 19.1 Å². The highest BCUT2D eigenvalue weighted by atomic mass is 32.1. The van der Waals surface area contributed by atoms with Crippen LogP contribution in [-0.2, 0) is 9.78 Å². The van der Waals surface area contributed by atoms with Gasteiger partial charge in [0.1, 0.15) is 0 Å². The zero-order valence-corrected chi connectivity index (χ0v) is 8.83. The van der Waals surface area contributed by atoms with Gasteiger partial charge in [0.2, 0.25) is 4.77 Å². The molecule has 1 rings (SSSR count). The molecule has 0 aliphatic carbocycles. The van der Waals surface area contributed by atoms with Gasteiger partial charge in [0.25, 0.3) is 0 Å². The van der Waals surface area contributed by atoms with E-state index in [1.54, 1.807) is 6.92 Å². The Balaban J connectivity index is 2.60. The Labute approximate surface area is 92.8 Å². The zero-order chi connectivity index (χ0) is 12.1. The second kappa shape index (κ2) is 5.11. The van der Waals surface area contributed by atoms with Crippen molar-refractivity contribution in [2.75, 3.05) is 6.54 Å². The van der Waals surface area contributed by atoms with Crippen LogP contribution in [0.1, 0.15) is 6.92 Å². The van der Waals surface area contributed by atoms with Crippen molar-refractivity contribution in [2.24, 2.45) is 0 Å². The number of nitrogens with one attached hydrogen (secondary N) is 2. The summed E-state index contributed by atoms with van der Waals surface area (Å²) in [5, 5.41) is 2.20. The smallest absolute Gasteiger partial charge is 0.319 e. The summed E-state index contributed by atoms with van der Waals surface area (Å²) in [4.78, 5) is 42.5. The highest BCUT2D eigenvalue weighted by Gasteiger charge is 2.15. The molecule has 9 nitrogen and oxygen atoms in total. The number of carbonyl (C=O) groups is 2. The fourth-order valence-corrected chi connectivity index (χ4v) is 0.882. The Morgan fingerprint density at radius 2 is 2.25 bits per heavy atom. The zero-order valence-electron chi connectivity index (χ0n) is 8.01. The fourth-order valence-electron chi connectivity index (χ4n) is 0.687. The van der Waals surface area contributed by atoms with E-state index >= 15 is 0 Å². The van der Waals surface area contributed by atoms with E-state index in [9.17, 15) is 14.4 Å². The van der Waals surface area contributed by atoms with Gasteiger partial charge in [-0.3, -0.25) is 4.98 Å². The molecule has 10 heteroatoms. The average molecular weight is 249 g/mol. The van der Waals surface area contributed by atoms with Crippen LogP contribution in [0.2, 0.25) is 0 Å². The van der Waals surface area contributed by atoms with Crippen LogP contribution < -0.4 is 11.1 Å². The minimum atomic E-state index is -1.25. The molecule has 88 valence electrons. The summed E-state index contributed by atoms with van der Waals surface area (Å²) in [5.41, 5.74) is 0. The van der Waals surface area contributed by atoms with Gasteiger partial charge in [0, 0.05) is 6.54 Å². The number of carbonyl (C=O) groups excluding carboxylic acids is 2. The number of aromatic amines is 1. The Morgan fingerprint density at radius 3 is 2.75 bits per heavy atom. The molecular formula is C6H7N3O6S. The normalized spacial score (nSPS) is 9.56. The van der Waals surface area contributed by atoms with Gasteiger partial charge in [-0.2, -0.15) is 0 Å². The van der Waals surface area contributed by atoms with Crippen molar-refractivity contribution in [1.82, 2.24) is 15.0 Å². The van der Waals surface area contributed by atoms with E-state index in [2.05, 4.69) is 31.8 Å². The standard InChI is InChI=1S/C6H7N3O6S/c1-2-7-4(10)14-15-6(12)9-3(16)8-5(11)13-9/h2H2,1H3,(H,7,10)(H,8,11,16). The Hall–Kier alpha value is -2.10. The molecule has 1 amide bonds. The topological polar surface area (TPSA) is 116 Å². The maximum Gasteiger partial charge on any atom is 0.492 e. The summed E-state index contributed by atoms with van der Waals surface area (Å²) >= 11 is 4.54. The van der Waals surface area contributed by atoms with Crippen molar-refractivity contribution < 1.29 is 23.9 Å². The van der Waals surface area contributed by atoms with E-state index in [4.69, 9.17) is 0 Å². The maximum absolute atomic E-state index is 11.1. The first-order valence-corrected chi connectivity index (χ1v) is 4.44. The van der Waals surface area contributed by atoms with E-state index in [0.29, 0.717) is 11.3 Å². The number of rotatable bonds is 1. The summed E-state index contributed by atoms with van der Waals surface area (Å²) in [6.07, 6.45) is -2.21. The average Bonchev–Trinajstić information content (AvgIpc) is 2.55. The predicted molar refractivity (Wildman–Crippen MR) is 50.2 cm³/mol. The highest BCUT2D eigenvalue weighted by Crippen LogP contribution is 1.91. The number of nitrogens with zero attached hydrogens (tertiary/aromatic N) is 1. The van der Waals surface area contributed by atoms with Crippen LogP contribution in [0.4, 0.5) is 9.59 Å². The highest BCUT2D eigenvalue weighted by molar-refractivity contribution is 7.71. The van der Waals surface area contributed by atoms with Crippen molar-refractivity contribution in [2.45, 2.75) is 6.92 Å². The fraction of sp³-hybridized carbons (Fsp3) is 0.333. The third-order valence-corrected chi connectivity index (χ3v) is 1.51. The van der Waals surface area contributed by atoms with Crippen molar-refractivity contribution in [3.63, 3.8) is 0 Å². The van der Waals surface area contributed by atoms with Crippen molar-refractivity contribution >= 4 is 24.4 Å². The molecule has 0 aliphatic rings. The largest absolute Gasteiger partial charge is 0.492 e. The van der Waals surface area contributed by atoms with Crippen LogP contribution in [0.25, 0.3) is 0 Å². The van der Waals surface area contributed by atoms with Gasteiger partial charge in [0.15, 0.2) is 0 Å². The van der Waals surface area contributed by atoms with Crippen LogP contribution >= 0.6 is 12.2 Å². The van der Waals surface area contributed by atoms with E-state index in [0.717, 1.165) is 0 Å². The molecule has 0 saturated heterocycles. The Morgan fingerprint density at radius 1 is 1.56 bits per heavy atom. The molecule has 0 fully saturated rings. The second-order valence-corrected chi connectivity index (χ2v) is 2.74. The molecule has 0 radical (unpaired) electrons. The summed E-state index contributed by atoms with van der Waals surface area (Å²) in [7, 11) is 0. The van der Waals surface area contributed by atoms with Gasteiger partial charge in [-0.25, -0.2) is 24.2 Å². The molecule has 0 saturated carbocycles. The van der Waals surface area contributed by atoms with E-state index in [1.165, 1.54) is 0 Å². The lowest BCUT2D eigenvalue weighted by atomic mass is 10.8. The van der Waals surface area contributed by atoms with E-state index in [1.807, 2.05) is 4.98 Å². The number of H-pyrrole nitrogens is 1. The van der Waals surface area contributed by atoms with Crippen LogP contribution in [0.3, 0.4) is 0 Å². The van der Waals surface area contributed by atoms with Gasteiger partial charge >= 0.3 is 17.9 Å². The Kier molecular flexibility index (Phi) is 3.83. The molecule has 0 spiro atoms. The third-order valence-electron chi connectivity index (χ3n) is 1.24. The van der Waals surface area contributed by atoms with Gasteiger partial charge in [0.05, 0.1) is 0 Å². The van der Waals surface area contributed by atoms with E-state index < -0.39 is 17.9 Å². The summed E-state index contributed by atoms with van der Waals surface area (Å²) in [6, 6.07) is 0. The first kappa shape index (κ1) is 12.0. The molecular weight excluding hydrogens is 242 g/mol. The summed E-state index contributed by atoms with van der Waals surface area (Å²) in [5.74, 6) is -0.931. The van der Waals surface area contributed by atoms with Crippen molar-refractivity contribution in [3.8, 4) is 0 Å². The molecule has 16 heavy (non-hydrogen) atoms. The molecule has 2 N–H and O–H groups in total. The van der Waals surface area contributed by atoms with Crippen LogP contribution in [0, 0.1) is 4.77 Å². The van der Waals surface area contributed by atoms with Crippen molar-refractivity contribution in [1.29, 1.82) is 0 Å². The number of aromatic nitrogens is 2. The second-order valence-electron chi connectivity index (χ2n) is 2.35. The summed E-state index contributed by atoms with van der Waals surface area (Å²) < 4.78 is 4.30. The van der Waals surface area contributed by atoms with Crippen LogP contribution in [-0.4, -0.2) is 28.5 Å². The van der Waals surface area contributed by atoms with Crippen molar-refractivity contribution in [3.05, 3.63) is 15.3 Å². The molecule has 0 aliphatic heterocycles. The lowest BCUT2D eigenvalue weighted by Crippen LogP contribution is -2.26. The minimum Gasteiger partial charge on any atom is -0.319 e. The lowest BCUT2D eigenvalue weighted by molar-refractivity contribution is -0.182. The monoisotopic (exact) mass is 249 g/mol. The first-order chi connectivity index (χ1) is 7.54. The Bertz CT molecular complexity index is 499. The SMILES string of the molecule is CCNC(=O)OOC(=O)n1oc(=O)[nH]c1=S. The number of hydrogen-bond donors (Lipinski definition) is 2. The maximum atomic E-state index is 11.1. The summed E-state index contributed by atoms with van der Waals surface area (Å²) in [6.45, 7) is 1.94. The number of hydrogen-bond acceptors (Lipinski definition) is 7. The molecule has 1 aromatic heterocycles. The molecule has 0 aromatic carbocycles. The lowest BCUT2D eigenvalue weighted by Gasteiger charge is -2.01. The van der Waals surface area contributed by atoms with E-state index in [-0.39, 0.29) is 4.77 Å². The molecule has 1 heterocycles. The van der Waals surface area contributed by atoms with Gasteiger partial charge in [-0.15, -0.1) is 0 Å². The predicted octanol–water partition coefficient (Wildman–Crippen LogP) is 0.145. The first-order valence-electron chi connectivity index (χ1n) is 4.04.